The average Bonchev–Trinajstić information content (AvgIpc) is 2.03. The molecule has 0 nitrogen and oxygen atoms in total. The van der Waals surface area contributed by atoms with Crippen LogP contribution in [0.2, 0.25) is 0 Å². The second-order valence-electron chi connectivity index (χ2n) is 2.96. The first-order valence-corrected chi connectivity index (χ1v) is 6.05. The largest absolute Gasteiger partial charge is 0.161 e. The van der Waals surface area contributed by atoms with Gasteiger partial charge in [-0.1, -0.05) is 45.4 Å². The summed E-state index contributed by atoms with van der Waals surface area (Å²) in [4.78, 5) is 0. The van der Waals surface area contributed by atoms with Crippen LogP contribution in [0.4, 0.5) is 0 Å². The van der Waals surface area contributed by atoms with Crippen molar-refractivity contribution < 1.29 is 0 Å². The van der Waals surface area contributed by atoms with Crippen LogP contribution in [0.5, 0.6) is 0 Å². The molecule has 0 aliphatic rings. The van der Waals surface area contributed by atoms with Crippen molar-refractivity contribution in [1.82, 2.24) is 0 Å². The molecule has 0 aromatic rings. The minimum absolute atomic E-state index is 1.30. The van der Waals surface area contributed by atoms with Crippen molar-refractivity contribution in [1.29, 1.82) is 0 Å². The minimum Gasteiger partial charge on any atom is -0.161 e. The molecule has 0 N–H and O–H groups in total. The first-order chi connectivity index (χ1) is 5.41. The van der Waals surface area contributed by atoms with Crippen LogP contribution in [-0.2, 0) is 0 Å². The highest BCUT2D eigenvalue weighted by Crippen LogP contribution is 2.11. The molecule has 0 rings (SSSR count). The first-order valence-electron chi connectivity index (χ1n) is 4.76. The van der Waals surface area contributed by atoms with Gasteiger partial charge in [0.05, 0.1) is 0 Å². The molecule has 0 heterocycles. The van der Waals surface area contributed by atoms with E-state index in [4.69, 9.17) is 0 Å². The monoisotopic (exact) mass is 173 g/mol. The van der Waals surface area contributed by atoms with Crippen LogP contribution in [0, 0.1) is 5.75 Å². The predicted octanol–water partition coefficient (Wildman–Crippen LogP) is 4.26. The highest BCUT2D eigenvalue weighted by atomic mass is 32.2. The van der Waals surface area contributed by atoms with Gasteiger partial charge in [0, 0.05) is 5.75 Å². The Bertz CT molecular complexity index is 53.9. The summed E-state index contributed by atoms with van der Waals surface area (Å²) < 4.78 is 0. The Morgan fingerprint density at radius 1 is 1.00 bits per heavy atom. The van der Waals surface area contributed by atoms with Gasteiger partial charge in [0.25, 0.3) is 0 Å². The fourth-order valence-corrected chi connectivity index (χ4v) is 1.53. The molecule has 0 aromatic carbocycles. The summed E-state index contributed by atoms with van der Waals surface area (Å²) in [5.41, 5.74) is 0. The second-order valence-corrected chi connectivity index (χ2v) is 3.76. The van der Waals surface area contributed by atoms with Crippen LogP contribution in [0.3, 0.4) is 0 Å². The van der Waals surface area contributed by atoms with E-state index in [1.54, 1.807) is 0 Å². The van der Waals surface area contributed by atoms with Gasteiger partial charge in [-0.3, -0.25) is 0 Å². The Morgan fingerprint density at radius 2 is 1.64 bits per heavy atom. The highest BCUT2D eigenvalue weighted by molar-refractivity contribution is 8.00. The average molecular weight is 173 g/mol. The quantitative estimate of drug-likeness (QED) is 0.494. The molecule has 11 heavy (non-hydrogen) atoms. The molecule has 0 amide bonds. The van der Waals surface area contributed by atoms with Crippen molar-refractivity contribution in [3.63, 3.8) is 0 Å². The number of thioether (sulfide) groups is 1. The van der Waals surface area contributed by atoms with Crippen molar-refractivity contribution in [2.24, 2.45) is 0 Å². The number of rotatable bonds is 8. The molecule has 0 spiro atoms. The summed E-state index contributed by atoms with van der Waals surface area (Å²) in [5, 5.41) is 0. The lowest BCUT2D eigenvalue weighted by atomic mass is 10.1. The first kappa shape index (κ1) is 11.4. The van der Waals surface area contributed by atoms with Crippen LogP contribution in [0.1, 0.15) is 51.9 Å². The maximum Gasteiger partial charge on any atom is 0.0163 e. The van der Waals surface area contributed by atoms with E-state index in [2.05, 4.69) is 18.9 Å². The Labute approximate surface area is 76.1 Å². The Hall–Kier alpha value is 0.350. The summed E-state index contributed by atoms with van der Waals surface area (Å²) in [6.07, 6.45) is 11.9. The smallest absolute Gasteiger partial charge is 0.0163 e. The van der Waals surface area contributed by atoms with Crippen molar-refractivity contribution in [3.05, 3.63) is 5.75 Å². The lowest BCUT2D eigenvalue weighted by molar-refractivity contribution is 0.609. The molecule has 0 bridgehead atoms. The number of unbranched alkanes of at least 4 members (excludes halogenated alkanes) is 6. The van der Waals surface area contributed by atoms with E-state index >= 15 is 0 Å². The van der Waals surface area contributed by atoms with Gasteiger partial charge in [-0.05, 0) is 12.7 Å². The molecule has 0 fully saturated rings. The third-order valence-electron chi connectivity index (χ3n) is 1.84. The maximum absolute atomic E-state index is 2.31. The predicted molar refractivity (Wildman–Crippen MR) is 55.8 cm³/mol. The van der Waals surface area contributed by atoms with Crippen molar-refractivity contribution in [2.45, 2.75) is 51.9 Å². The molecule has 0 aliphatic heterocycles. The van der Waals surface area contributed by atoms with E-state index in [9.17, 15) is 0 Å². The van der Waals surface area contributed by atoms with Gasteiger partial charge in [-0.25, -0.2) is 0 Å². The second kappa shape index (κ2) is 10.3. The lowest BCUT2D eigenvalue weighted by Gasteiger charge is -1.98. The Balaban J connectivity index is 2.69. The minimum atomic E-state index is 1.30. The molecule has 67 valence electrons. The standard InChI is InChI=1S/C10H21S/c1-3-4-5-6-7-8-9-10-11-2/h10H,3-9H2,1-2H3. The van der Waals surface area contributed by atoms with E-state index in [0.717, 1.165) is 0 Å². The van der Waals surface area contributed by atoms with Crippen LogP contribution in [-0.4, -0.2) is 6.26 Å². The van der Waals surface area contributed by atoms with Crippen LogP contribution in [0.15, 0.2) is 0 Å². The zero-order valence-corrected chi connectivity index (χ0v) is 8.75. The van der Waals surface area contributed by atoms with Crippen molar-refractivity contribution in [2.75, 3.05) is 6.26 Å². The molecule has 0 saturated carbocycles. The Kier molecular flexibility index (Phi) is 10.7. The molecule has 0 atom stereocenters. The fourth-order valence-electron chi connectivity index (χ4n) is 1.13. The van der Waals surface area contributed by atoms with E-state index < -0.39 is 0 Å². The number of hydrogen-bond acceptors (Lipinski definition) is 1. The fraction of sp³-hybridized carbons (Fsp3) is 0.900. The normalized spacial score (nSPS) is 10.4. The topological polar surface area (TPSA) is 0 Å². The van der Waals surface area contributed by atoms with Gasteiger partial charge in [-0.15, -0.1) is 0 Å². The summed E-state index contributed by atoms with van der Waals surface area (Å²) in [6, 6.07) is 0. The van der Waals surface area contributed by atoms with Crippen LogP contribution < -0.4 is 0 Å². The maximum atomic E-state index is 2.31. The molecule has 0 saturated heterocycles. The highest BCUT2D eigenvalue weighted by Gasteiger charge is 1.89. The molecule has 0 aliphatic carbocycles. The molecular weight excluding hydrogens is 152 g/mol. The molecule has 0 aromatic heterocycles. The van der Waals surface area contributed by atoms with E-state index in [1.165, 1.54) is 44.9 Å². The molecular formula is C10H21S. The van der Waals surface area contributed by atoms with Gasteiger partial charge < -0.3 is 0 Å². The van der Waals surface area contributed by atoms with E-state index in [0.29, 0.717) is 0 Å². The zero-order valence-electron chi connectivity index (χ0n) is 7.94. The van der Waals surface area contributed by atoms with E-state index in [-0.39, 0.29) is 0 Å². The number of hydrogen-bond donors (Lipinski definition) is 0. The summed E-state index contributed by atoms with van der Waals surface area (Å²) in [5.74, 6) is 2.31. The third-order valence-corrected chi connectivity index (χ3v) is 2.41. The SMILES string of the molecule is CCCCCCCC[CH]SC. The molecule has 1 heteroatoms. The summed E-state index contributed by atoms with van der Waals surface area (Å²) in [6.45, 7) is 2.27. The lowest BCUT2D eigenvalue weighted by Crippen LogP contribution is -1.78. The van der Waals surface area contributed by atoms with Gasteiger partial charge in [0.1, 0.15) is 0 Å². The summed E-state index contributed by atoms with van der Waals surface area (Å²) in [7, 11) is 0. The molecule has 0 unspecified atom stereocenters. The van der Waals surface area contributed by atoms with Gasteiger partial charge in [0.15, 0.2) is 0 Å². The van der Waals surface area contributed by atoms with Crippen molar-refractivity contribution in [3.8, 4) is 0 Å². The van der Waals surface area contributed by atoms with Crippen molar-refractivity contribution >= 4 is 11.8 Å². The van der Waals surface area contributed by atoms with Gasteiger partial charge in [0.2, 0.25) is 0 Å². The van der Waals surface area contributed by atoms with Gasteiger partial charge in [-0.2, -0.15) is 11.8 Å². The van der Waals surface area contributed by atoms with Crippen LogP contribution in [0.25, 0.3) is 0 Å². The third kappa shape index (κ3) is 10.4. The summed E-state index contributed by atoms with van der Waals surface area (Å²) >= 11 is 1.84. The van der Waals surface area contributed by atoms with E-state index in [1.807, 2.05) is 11.8 Å². The van der Waals surface area contributed by atoms with Crippen LogP contribution >= 0.6 is 11.8 Å². The molecule has 1 radical (unpaired) electrons. The Morgan fingerprint density at radius 3 is 2.27 bits per heavy atom. The van der Waals surface area contributed by atoms with Gasteiger partial charge >= 0.3 is 0 Å². The zero-order chi connectivity index (χ0) is 8.36.